The molecule has 1 aliphatic rings. The van der Waals surface area contributed by atoms with Gasteiger partial charge in [0.1, 0.15) is 0 Å². The number of nitrogens with zero attached hydrogens (tertiary/aromatic N) is 1. The molecule has 2 N–H and O–H groups in total. The average Bonchev–Trinajstić information content (AvgIpc) is 2.42. The van der Waals surface area contributed by atoms with Crippen LogP contribution in [0.3, 0.4) is 0 Å². The van der Waals surface area contributed by atoms with Gasteiger partial charge in [-0.3, -0.25) is 0 Å². The standard InChI is InChI=1S/C18H29N3S/c1-14-6-4-7-17(11-14)20-18(22)19-8-5-9-21-12-15(2)10-16(3)13-21/h4,6-7,11,15-16H,5,8-10,12-13H2,1-3H3,(H2,19,20,22)/t15-,16-/m0/s1. The Morgan fingerprint density at radius 2 is 2.00 bits per heavy atom. The first-order valence-corrected chi connectivity index (χ1v) is 8.77. The number of hydrogen-bond donors (Lipinski definition) is 2. The molecule has 2 rings (SSSR count). The third kappa shape index (κ3) is 5.93. The maximum Gasteiger partial charge on any atom is 0.170 e. The minimum Gasteiger partial charge on any atom is -0.362 e. The molecule has 0 unspecified atom stereocenters. The molecular weight excluding hydrogens is 290 g/mol. The van der Waals surface area contributed by atoms with Crippen LogP contribution in [0, 0.1) is 18.8 Å². The van der Waals surface area contributed by atoms with E-state index in [1.54, 1.807) is 0 Å². The van der Waals surface area contributed by atoms with Crippen LogP contribution in [0.2, 0.25) is 0 Å². The van der Waals surface area contributed by atoms with Crippen molar-refractivity contribution in [3.05, 3.63) is 29.8 Å². The Balaban J connectivity index is 1.63. The van der Waals surface area contributed by atoms with Gasteiger partial charge in [0.25, 0.3) is 0 Å². The van der Waals surface area contributed by atoms with Crippen molar-refractivity contribution in [2.24, 2.45) is 11.8 Å². The van der Waals surface area contributed by atoms with Gasteiger partial charge in [0, 0.05) is 25.3 Å². The van der Waals surface area contributed by atoms with E-state index in [1.165, 1.54) is 25.1 Å². The van der Waals surface area contributed by atoms with Crippen LogP contribution in [-0.2, 0) is 0 Å². The van der Waals surface area contributed by atoms with Crippen molar-refractivity contribution in [2.75, 3.05) is 31.5 Å². The van der Waals surface area contributed by atoms with Gasteiger partial charge in [0.15, 0.2) is 5.11 Å². The molecule has 0 spiro atoms. The van der Waals surface area contributed by atoms with Crippen LogP contribution < -0.4 is 10.6 Å². The molecule has 0 bridgehead atoms. The fourth-order valence-corrected chi connectivity index (χ4v) is 3.60. The summed E-state index contributed by atoms with van der Waals surface area (Å²) in [5, 5.41) is 7.26. The van der Waals surface area contributed by atoms with Gasteiger partial charge in [0.2, 0.25) is 0 Å². The maximum atomic E-state index is 5.35. The summed E-state index contributed by atoms with van der Waals surface area (Å²) >= 11 is 5.35. The van der Waals surface area contributed by atoms with Gasteiger partial charge in [-0.2, -0.15) is 0 Å². The van der Waals surface area contributed by atoms with Gasteiger partial charge in [-0.1, -0.05) is 26.0 Å². The fraction of sp³-hybridized carbons (Fsp3) is 0.611. The summed E-state index contributed by atoms with van der Waals surface area (Å²) < 4.78 is 0. The van der Waals surface area contributed by atoms with Crippen molar-refractivity contribution in [3.8, 4) is 0 Å². The normalized spacial score (nSPS) is 22.3. The highest BCUT2D eigenvalue weighted by Crippen LogP contribution is 2.20. The molecule has 1 fully saturated rings. The highest BCUT2D eigenvalue weighted by molar-refractivity contribution is 7.80. The summed E-state index contributed by atoms with van der Waals surface area (Å²) in [5.74, 6) is 1.67. The highest BCUT2D eigenvalue weighted by Gasteiger charge is 2.20. The SMILES string of the molecule is Cc1cccc(NC(=S)NCCCN2C[C@@H](C)C[C@H](C)C2)c1. The monoisotopic (exact) mass is 319 g/mol. The van der Waals surface area contributed by atoms with Crippen LogP contribution in [0.25, 0.3) is 0 Å². The molecule has 0 saturated carbocycles. The quantitative estimate of drug-likeness (QED) is 0.640. The number of thiocarbonyl (C=S) groups is 1. The Labute approximate surface area is 140 Å². The van der Waals surface area contributed by atoms with E-state index in [0.29, 0.717) is 5.11 Å². The lowest BCUT2D eigenvalue weighted by Gasteiger charge is -2.35. The smallest absolute Gasteiger partial charge is 0.170 e. The highest BCUT2D eigenvalue weighted by atomic mass is 32.1. The number of piperidine rings is 1. The molecule has 1 aromatic carbocycles. The van der Waals surface area contributed by atoms with E-state index in [2.05, 4.69) is 48.4 Å². The molecule has 0 aliphatic carbocycles. The molecular formula is C18H29N3S. The van der Waals surface area contributed by atoms with E-state index in [4.69, 9.17) is 12.2 Å². The van der Waals surface area contributed by atoms with Gasteiger partial charge in [-0.05, 0) is 68.1 Å². The third-order valence-electron chi connectivity index (χ3n) is 4.16. The zero-order valence-corrected chi connectivity index (χ0v) is 14.9. The number of anilines is 1. The summed E-state index contributed by atoms with van der Waals surface area (Å²) in [7, 11) is 0. The zero-order valence-electron chi connectivity index (χ0n) is 14.1. The second-order valence-corrected chi connectivity index (χ2v) is 7.22. The van der Waals surface area contributed by atoms with Crippen molar-refractivity contribution in [1.29, 1.82) is 0 Å². The molecule has 122 valence electrons. The summed E-state index contributed by atoms with van der Waals surface area (Å²) in [4.78, 5) is 2.59. The van der Waals surface area contributed by atoms with E-state index in [1.807, 2.05) is 12.1 Å². The van der Waals surface area contributed by atoms with Crippen LogP contribution in [0.4, 0.5) is 5.69 Å². The first-order chi connectivity index (χ1) is 10.5. The molecule has 22 heavy (non-hydrogen) atoms. The minimum atomic E-state index is 0.714. The Bertz CT molecular complexity index is 479. The number of aryl methyl sites for hydroxylation is 1. The molecule has 2 atom stereocenters. The first kappa shape index (κ1) is 17.2. The van der Waals surface area contributed by atoms with Crippen LogP contribution in [0.5, 0.6) is 0 Å². The first-order valence-electron chi connectivity index (χ1n) is 8.37. The average molecular weight is 320 g/mol. The number of nitrogens with one attached hydrogen (secondary N) is 2. The fourth-order valence-electron chi connectivity index (χ4n) is 3.38. The molecule has 0 radical (unpaired) electrons. The molecule has 4 heteroatoms. The van der Waals surface area contributed by atoms with Crippen LogP contribution >= 0.6 is 12.2 Å². The Morgan fingerprint density at radius 1 is 1.27 bits per heavy atom. The zero-order chi connectivity index (χ0) is 15.9. The molecule has 1 saturated heterocycles. The van der Waals surface area contributed by atoms with Crippen molar-refractivity contribution in [2.45, 2.75) is 33.6 Å². The number of hydrogen-bond acceptors (Lipinski definition) is 2. The summed E-state index contributed by atoms with van der Waals surface area (Å²) in [6, 6.07) is 8.27. The van der Waals surface area contributed by atoms with E-state index in [-0.39, 0.29) is 0 Å². The van der Waals surface area contributed by atoms with Gasteiger partial charge in [-0.15, -0.1) is 0 Å². The third-order valence-corrected chi connectivity index (χ3v) is 4.40. The van der Waals surface area contributed by atoms with Crippen LogP contribution in [-0.4, -0.2) is 36.2 Å². The topological polar surface area (TPSA) is 27.3 Å². The lowest BCUT2D eigenvalue weighted by atomic mass is 9.92. The van der Waals surface area contributed by atoms with Gasteiger partial charge in [0.05, 0.1) is 0 Å². The van der Waals surface area contributed by atoms with Crippen LogP contribution in [0.1, 0.15) is 32.3 Å². The summed E-state index contributed by atoms with van der Waals surface area (Å²) in [5.41, 5.74) is 2.29. The van der Waals surface area contributed by atoms with Crippen LogP contribution in [0.15, 0.2) is 24.3 Å². The molecule has 0 aromatic heterocycles. The Kier molecular flexibility index (Phi) is 6.65. The number of benzene rings is 1. The predicted molar refractivity (Wildman–Crippen MR) is 99.4 cm³/mol. The molecule has 0 amide bonds. The largest absolute Gasteiger partial charge is 0.362 e. The van der Waals surface area contributed by atoms with Gasteiger partial charge in [-0.25, -0.2) is 0 Å². The summed E-state index contributed by atoms with van der Waals surface area (Å²) in [6.07, 6.45) is 2.51. The minimum absolute atomic E-state index is 0.714. The number of rotatable bonds is 5. The number of likely N-dealkylation sites (tertiary alicyclic amines) is 1. The lowest BCUT2D eigenvalue weighted by Crippen LogP contribution is -2.40. The maximum absolute atomic E-state index is 5.35. The van der Waals surface area contributed by atoms with Crippen molar-refractivity contribution >= 4 is 23.0 Å². The van der Waals surface area contributed by atoms with E-state index in [9.17, 15) is 0 Å². The molecule has 1 heterocycles. The Morgan fingerprint density at radius 3 is 2.68 bits per heavy atom. The van der Waals surface area contributed by atoms with Gasteiger partial charge >= 0.3 is 0 Å². The summed E-state index contributed by atoms with van der Waals surface area (Å²) in [6.45, 7) is 11.4. The van der Waals surface area contributed by atoms with Crippen molar-refractivity contribution in [3.63, 3.8) is 0 Å². The second kappa shape index (κ2) is 8.49. The van der Waals surface area contributed by atoms with E-state index >= 15 is 0 Å². The molecule has 1 aromatic rings. The van der Waals surface area contributed by atoms with Crippen molar-refractivity contribution in [1.82, 2.24) is 10.2 Å². The van der Waals surface area contributed by atoms with Gasteiger partial charge < -0.3 is 15.5 Å². The molecule has 1 aliphatic heterocycles. The van der Waals surface area contributed by atoms with E-state index in [0.717, 1.165) is 37.0 Å². The molecule has 3 nitrogen and oxygen atoms in total. The van der Waals surface area contributed by atoms with E-state index < -0.39 is 0 Å². The predicted octanol–water partition coefficient (Wildman–Crippen LogP) is 3.65. The van der Waals surface area contributed by atoms with Crippen molar-refractivity contribution < 1.29 is 0 Å². The Hall–Kier alpha value is -1.13. The second-order valence-electron chi connectivity index (χ2n) is 6.81. The lowest BCUT2D eigenvalue weighted by molar-refractivity contribution is 0.140.